The number of nitrogens with one attached hydrogen (secondary N) is 3. The quantitative estimate of drug-likeness (QED) is 0.808. The van der Waals surface area contributed by atoms with Gasteiger partial charge in [-0.2, -0.15) is 5.10 Å². The Balaban J connectivity index is 1.58. The topological polar surface area (TPSA) is 78.5 Å². The zero-order valence-corrected chi connectivity index (χ0v) is 12.7. The molecule has 6 heteroatoms. The smallest absolute Gasteiger partial charge is 0.157 e. The van der Waals surface area contributed by atoms with Gasteiger partial charge in [0.25, 0.3) is 0 Å². The molecule has 3 heterocycles. The lowest BCUT2D eigenvalue weighted by molar-refractivity contribution is 0.734. The largest absolute Gasteiger partial charge is 0.323 e. The summed E-state index contributed by atoms with van der Waals surface area (Å²) in [6, 6.07) is 2.09. The van der Waals surface area contributed by atoms with Gasteiger partial charge in [0.05, 0.1) is 0 Å². The molecule has 6 nitrogen and oxygen atoms in total. The maximum absolute atomic E-state index is 4.69. The highest BCUT2D eigenvalue weighted by Gasteiger charge is 2.25. The molecule has 0 bridgehead atoms. The van der Waals surface area contributed by atoms with Crippen LogP contribution >= 0.6 is 0 Å². The second-order valence-electron chi connectivity index (χ2n) is 6.02. The van der Waals surface area contributed by atoms with E-state index in [2.05, 4.69) is 42.9 Å². The number of aryl methyl sites for hydroxylation is 1. The normalized spacial score (nSPS) is 18.1. The summed E-state index contributed by atoms with van der Waals surface area (Å²) in [5.74, 6) is 3.14. The fourth-order valence-corrected chi connectivity index (χ4v) is 2.67. The molecule has 0 radical (unpaired) electrons. The van der Waals surface area contributed by atoms with Gasteiger partial charge in [-0.15, -0.1) is 0 Å². The zero-order valence-electron chi connectivity index (χ0n) is 12.7. The molecule has 0 atom stereocenters. The number of H-pyrrole nitrogens is 1. The van der Waals surface area contributed by atoms with Crippen molar-refractivity contribution in [2.75, 3.05) is 18.4 Å². The molecule has 0 unspecified atom stereocenters. The van der Waals surface area contributed by atoms with Gasteiger partial charge in [-0.1, -0.05) is 6.08 Å². The average molecular weight is 296 g/mol. The van der Waals surface area contributed by atoms with Gasteiger partial charge in [0.15, 0.2) is 11.6 Å². The first-order chi connectivity index (χ1) is 10.8. The van der Waals surface area contributed by atoms with Crippen LogP contribution in [0, 0.1) is 6.92 Å². The van der Waals surface area contributed by atoms with Gasteiger partial charge in [-0.3, -0.25) is 5.10 Å². The summed E-state index contributed by atoms with van der Waals surface area (Å²) in [5.41, 5.74) is 3.45. The van der Waals surface area contributed by atoms with Crippen molar-refractivity contribution >= 4 is 17.2 Å². The van der Waals surface area contributed by atoms with Gasteiger partial charge >= 0.3 is 0 Å². The van der Waals surface area contributed by atoms with Crippen LogP contribution in [-0.2, 0) is 0 Å². The Labute approximate surface area is 129 Å². The molecule has 1 aliphatic carbocycles. The van der Waals surface area contributed by atoms with E-state index in [9.17, 15) is 0 Å². The number of anilines is 2. The maximum Gasteiger partial charge on any atom is 0.157 e. The van der Waals surface area contributed by atoms with E-state index in [1.54, 1.807) is 0 Å². The number of hydrogen-bond donors (Lipinski definition) is 3. The Kier molecular flexibility index (Phi) is 3.38. The van der Waals surface area contributed by atoms with Crippen LogP contribution in [0.25, 0.3) is 5.57 Å². The molecule has 1 fully saturated rings. The van der Waals surface area contributed by atoms with Crippen molar-refractivity contribution < 1.29 is 0 Å². The summed E-state index contributed by atoms with van der Waals surface area (Å²) < 4.78 is 0. The first-order valence-corrected chi connectivity index (χ1v) is 7.86. The van der Waals surface area contributed by atoms with Crippen LogP contribution in [0.15, 0.2) is 18.3 Å². The molecule has 0 spiro atoms. The molecule has 0 amide bonds. The van der Waals surface area contributed by atoms with E-state index in [4.69, 9.17) is 0 Å². The standard InChI is InChI=1S/C16H20N6/c1-10-9-18-16(12-4-6-17-7-5-12)20-15(10)19-14-8-13(21-22-14)11-2-3-11/h4,8-9,11,17H,2-3,5-7H2,1H3,(H2,18,19,20,21,22). The Morgan fingerprint density at radius 1 is 1.32 bits per heavy atom. The Morgan fingerprint density at radius 2 is 2.23 bits per heavy atom. The second-order valence-corrected chi connectivity index (χ2v) is 6.02. The van der Waals surface area contributed by atoms with Crippen molar-refractivity contribution in [3.8, 4) is 0 Å². The number of hydrogen-bond acceptors (Lipinski definition) is 5. The van der Waals surface area contributed by atoms with Crippen molar-refractivity contribution in [1.29, 1.82) is 0 Å². The van der Waals surface area contributed by atoms with Crippen molar-refractivity contribution in [2.24, 2.45) is 0 Å². The van der Waals surface area contributed by atoms with Gasteiger partial charge in [0.2, 0.25) is 0 Å². The minimum Gasteiger partial charge on any atom is -0.323 e. The first kappa shape index (κ1) is 13.5. The lowest BCUT2D eigenvalue weighted by Gasteiger charge is -2.14. The fraction of sp³-hybridized carbons (Fsp3) is 0.438. The average Bonchev–Trinajstić information content (AvgIpc) is 3.30. The number of rotatable bonds is 4. The Bertz CT molecular complexity index is 713. The molecule has 4 rings (SSSR count). The van der Waals surface area contributed by atoms with Crippen molar-refractivity contribution in [3.63, 3.8) is 0 Å². The monoisotopic (exact) mass is 296 g/mol. The molecular weight excluding hydrogens is 276 g/mol. The van der Waals surface area contributed by atoms with E-state index < -0.39 is 0 Å². The van der Waals surface area contributed by atoms with Gasteiger partial charge in [0, 0.05) is 36.0 Å². The lowest BCUT2D eigenvalue weighted by atomic mass is 10.1. The summed E-state index contributed by atoms with van der Waals surface area (Å²) >= 11 is 0. The molecule has 22 heavy (non-hydrogen) atoms. The Hall–Kier alpha value is -2.21. The van der Waals surface area contributed by atoms with E-state index in [-0.39, 0.29) is 0 Å². The molecule has 2 aliphatic rings. The lowest BCUT2D eigenvalue weighted by Crippen LogP contribution is -2.20. The summed E-state index contributed by atoms with van der Waals surface area (Å²) in [5, 5.41) is 14.1. The molecular formula is C16H20N6. The van der Waals surface area contributed by atoms with E-state index in [1.165, 1.54) is 24.1 Å². The highest BCUT2D eigenvalue weighted by atomic mass is 15.2. The molecule has 2 aromatic heterocycles. The van der Waals surface area contributed by atoms with Crippen LogP contribution in [0.1, 0.15) is 42.3 Å². The molecule has 1 aliphatic heterocycles. The van der Waals surface area contributed by atoms with Gasteiger partial charge in [-0.05, 0) is 38.3 Å². The van der Waals surface area contributed by atoms with Crippen LogP contribution in [-0.4, -0.2) is 33.3 Å². The second kappa shape index (κ2) is 5.53. The van der Waals surface area contributed by atoms with Crippen LogP contribution < -0.4 is 10.6 Å². The minimum atomic E-state index is 0.671. The maximum atomic E-state index is 4.69. The van der Waals surface area contributed by atoms with Gasteiger partial charge in [0.1, 0.15) is 5.82 Å². The van der Waals surface area contributed by atoms with Gasteiger partial charge < -0.3 is 10.6 Å². The zero-order chi connectivity index (χ0) is 14.9. The summed E-state index contributed by atoms with van der Waals surface area (Å²) in [4.78, 5) is 9.16. The van der Waals surface area contributed by atoms with Crippen molar-refractivity contribution in [2.45, 2.75) is 32.1 Å². The summed E-state index contributed by atoms with van der Waals surface area (Å²) in [6.07, 6.45) is 7.54. The third kappa shape index (κ3) is 2.74. The van der Waals surface area contributed by atoms with Crippen LogP contribution in [0.2, 0.25) is 0 Å². The van der Waals surface area contributed by atoms with Crippen LogP contribution in [0.4, 0.5) is 11.6 Å². The SMILES string of the molecule is Cc1cnc(C2=CCNCC2)nc1Nc1cc(C2CC2)[nH]n1. The molecule has 0 saturated heterocycles. The summed E-state index contributed by atoms with van der Waals surface area (Å²) in [6.45, 7) is 3.88. The van der Waals surface area contributed by atoms with Crippen molar-refractivity contribution in [1.82, 2.24) is 25.5 Å². The van der Waals surface area contributed by atoms with Crippen molar-refractivity contribution in [3.05, 3.63) is 35.4 Å². The Morgan fingerprint density at radius 3 is 3.00 bits per heavy atom. The molecule has 1 saturated carbocycles. The number of nitrogens with zero attached hydrogens (tertiary/aromatic N) is 3. The molecule has 114 valence electrons. The fourth-order valence-electron chi connectivity index (χ4n) is 2.67. The van der Waals surface area contributed by atoms with E-state index in [1.807, 2.05) is 13.1 Å². The predicted molar refractivity (Wildman–Crippen MR) is 86.1 cm³/mol. The molecule has 2 aromatic rings. The molecule has 3 N–H and O–H groups in total. The van der Waals surface area contributed by atoms with E-state index in [0.29, 0.717) is 5.92 Å². The third-order valence-electron chi connectivity index (χ3n) is 4.18. The number of aromatic nitrogens is 4. The predicted octanol–water partition coefficient (Wildman–Crippen LogP) is 2.51. The van der Waals surface area contributed by atoms with E-state index in [0.717, 1.165) is 42.5 Å². The van der Waals surface area contributed by atoms with Crippen LogP contribution in [0.5, 0.6) is 0 Å². The molecule has 0 aromatic carbocycles. The minimum absolute atomic E-state index is 0.671. The van der Waals surface area contributed by atoms with E-state index >= 15 is 0 Å². The third-order valence-corrected chi connectivity index (χ3v) is 4.18. The summed E-state index contributed by atoms with van der Waals surface area (Å²) in [7, 11) is 0. The highest BCUT2D eigenvalue weighted by Crippen LogP contribution is 2.39. The highest BCUT2D eigenvalue weighted by molar-refractivity contribution is 5.64. The van der Waals surface area contributed by atoms with Crippen LogP contribution in [0.3, 0.4) is 0 Å². The number of aromatic amines is 1. The van der Waals surface area contributed by atoms with Gasteiger partial charge in [-0.25, -0.2) is 9.97 Å². The first-order valence-electron chi connectivity index (χ1n) is 7.86.